The highest BCUT2D eigenvalue weighted by molar-refractivity contribution is 7.92. The van der Waals surface area contributed by atoms with Crippen molar-refractivity contribution in [1.82, 2.24) is 0 Å². The molecule has 0 atom stereocenters. The molecule has 0 bridgehead atoms. The number of hydrogen-bond donors (Lipinski definition) is 4. The molecule has 0 aliphatic rings. The molecule has 0 saturated carbocycles. The molecule has 10 heteroatoms. The van der Waals surface area contributed by atoms with Gasteiger partial charge in [-0.1, -0.05) is 17.7 Å². The fourth-order valence-corrected chi connectivity index (χ4v) is 3.85. The Kier molecular flexibility index (Phi) is 6.65. The van der Waals surface area contributed by atoms with Gasteiger partial charge in [0.1, 0.15) is 5.75 Å². The Morgan fingerprint density at radius 1 is 1.03 bits per heavy atom. The molecule has 0 aliphatic carbocycles. The number of halogens is 1. The maximum absolute atomic E-state index is 12.6. The number of rotatable bonds is 7. The minimum absolute atomic E-state index is 0.0550. The van der Waals surface area contributed by atoms with E-state index in [0.717, 1.165) is 6.07 Å². The number of hydrogen-bond acceptors (Lipinski definition) is 6. The van der Waals surface area contributed by atoms with Gasteiger partial charge in [-0.15, -0.1) is 0 Å². The number of benzene rings is 3. The van der Waals surface area contributed by atoms with E-state index in [2.05, 4.69) is 15.4 Å². The molecular formula is C21H17ClN4O4S. The van der Waals surface area contributed by atoms with Gasteiger partial charge in [0.25, 0.3) is 10.0 Å². The second-order valence-electron chi connectivity index (χ2n) is 6.39. The Hall–Kier alpha value is -3.74. The number of aromatic hydroxyl groups is 1. The van der Waals surface area contributed by atoms with Crippen molar-refractivity contribution in [2.24, 2.45) is 0 Å². The van der Waals surface area contributed by atoms with Gasteiger partial charge in [0.05, 0.1) is 34.4 Å². The zero-order valence-electron chi connectivity index (χ0n) is 16.0. The van der Waals surface area contributed by atoms with Gasteiger partial charge >= 0.3 is 0 Å². The fourth-order valence-electron chi connectivity index (χ4n) is 2.59. The van der Waals surface area contributed by atoms with E-state index in [1.54, 1.807) is 42.5 Å². The summed E-state index contributed by atoms with van der Waals surface area (Å²) < 4.78 is 27.7. The molecule has 4 N–H and O–H groups in total. The van der Waals surface area contributed by atoms with Crippen LogP contribution >= 0.6 is 11.6 Å². The van der Waals surface area contributed by atoms with Crippen LogP contribution in [0.15, 0.2) is 71.6 Å². The molecular weight excluding hydrogens is 440 g/mol. The molecule has 0 heterocycles. The monoisotopic (exact) mass is 456 g/mol. The molecule has 0 aromatic heterocycles. The van der Waals surface area contributed by atoms with Crippen molar-refractivity contribution in [2.75, 3.05) is 21.9 Å². The third-order valence-electron chi connectivity index (χ3n) is 4.10. The normalized spacial score (nSPS) is 10.7. The van der Waals surface area contributed by atoms with Crippen LogP contribution in [0.25, 0.3) is 0 Å². The summed E-state index contributed by atoms with van der Waals surface area (Å²) in [6.45, 7) is -0.136. The summed E-state index contributed by atoms with van der Waals surface area (Å²) in [4.78, 5) is 12.1. The highest BCUT2D eigenvalue weighted by atomic mass is 35.5. The number of nitriles is 1. The van der Waals surface area contributed by atoms with E-state index >= 15 is 0 Å². The second kappa shape index (κ2) is 9.38. The first-order chi connectivity index (χ1) is 14.8. The van der Waals surface area contributed by atoms with Crippen LogP contribution in [-0.4, -0.2) is 26.0 Å². The summed E-state index contributed by atoms with van der Waals surface area (Å²) in [5.41, 5.74) is 1.34. The van der Waals surface area contributed by atoms with Crippen molar-refractivity contribution in [2.45, 2.75) is 4.90 Å². The molecule has 3 rings (SSSR count). The Bertz CT molecular complexity index is 1260. The van der Waals surface area contributed by atoms with Gasteiger partial charge in [-0.05, 0) is 60.7 Å². The molecule has 3 aromatic carbocycles. The van der Waals surface area contributed by atoms with Crippen molar-refractivity contribution in [1.29, 1.82) is 5.26 Å². The number of phenolic OH excluding ortho intramolecular Hbond substituents is 1. The number of carbonyl (C=O) groups is 1. The molecule has 0 spiro atoms. The maximum Gasteiger partial charge on any atom is 0.261 e. The molecule has 0 radical (unpaired) electrons. The SMILES string of the molecule is N#Cc1ccc(NCC(=O)Nc2cc(S(=O)(=O)Nc3cccc(Cl)c3)ccc2O)cc1. The third kappa shape index (κ3) is 5.88. The zero-order chi connectivity index (χ0) is 22.4. The third-order valence-corrected chi connectivity index (χ3v) is 5.71. The van der Waals surface area contributed by atoms with Gasteiger partial charge in [0.15, 0.2) is 0 Å². The fraction of sp³-hybridized carbons (Fsp3) is 0.0476. The molecule has 31 heavy (non-hydrogen) atoms. The maximum atomic E-state index is 12.6. The van der Waals surface area contributed by atoms with Crippen LogP contribution in [0.2, 0.25) is 5.02 Å². The predicted octanol–water partition coefficient (Wildman–Crippen LogP) is 3.77. The lowest BCUT2D eigenvalue weighted by Crippen LogP contribution is -2.22. The minimum atomic E-state index is -3.98. The van der Waals surface area contributed by atoms with E-state index in [9.17, 15) is 18.3 Å². The van der Waals surface area contributed by atoms with Crippen LogP contribution in [0, 0.1) is 11.3 Å². The number of carbonyl (C=O) groups excluding carboxylic acids is 1. The highest BCUT2D eigenvalue weighted by Crippen LogP contribution is 2.28. The van der Waals surface area contributed by atoms with Crippen LogP contribution in [0.5, 0.6) is 5.75 Å². The predicted molar refractivity (Wildman–Crippen MR) is 119 cm³/mol. The van der Waals surface area contributed by atoms with E-state index in [-0.39, 0.29) is 28.6 Å². The minimum Gasteiger partial charge on any atom is -0.506 e. The Labute approximate surface area is 184 Å². The summed E-state index contributed by atoms with van der Waals surface area (Å²) in [5.74, 6) is -0.787. The molecule has 0 unspecified atom stereocenters. The molecule has 1 amide bonds. The van der Waals surface area contributed by atoms with Crippen molar-refractivity contribution < 1.29 is 18.3 Å². The standard InChI is InChI=1S/C21H17ClN4O4S/c22-15-2-1-3-17(10-15)26-31(29,30)18-8-9-20(27)19(11-18)25-21(28)13-24-16-6-4-14(12-23)5-7-16/h1-11,24,26-27H,13H2,(H,25,28). The van der Waals surface area contributed by atoms with E-state index in [4.69, 9.17) is 16.9 Å². The van der Waals surface area contributed by atoms with Crippen LogP contribution in [0.4, 0.5) is 17.1 Å². The van der Waals surface area contributed by atoms with Gasteiger partial charge in [-0.3, -0.25) is 9.52 Å². The van der Waals surface area contributed by atoms with E-state index in [1.165, 1.54) is 18.2 Å². The first-order valence-corrected chi connectivity index (χ1v) is 10.8. The lowest BCUT2D eigenvalue weighted by molar-refractivity contribution is -0.114. The average Bonchev–Trinajstić information content (AvgIpc) is 2.74. The summed E-state index contributed by atoms with van der Waals surface area (Å²) in [7, 11) is -3.98. The average molecular weight is 457 g/mol. The van der Waals surface area contributed by atoms with E-state index in [1.807, 2.05) is 6.07 Å². The number of phenols is 1. The zero-order valence-corrected chi connectivity index (χ0v) is 17.5. The molecule has 158 valence electrons. The van der Waals surface area contributed by atoms with Crippen LogP contribution < -0.4 is 15.4 Å². The van der Waals surface area contributed by atoms with Gasteiger partial charge in [0.2, 0.25) is 5.91 Å². The molecule has 0 fully saturated rings. The van der Waals surface area contributed by atoms with E-state index < -0.39 is 15.9 Å². The van der Waals surface area contributed by atoms with Crippen LogP contribution in [0.1, 0.15) is 5.56 Å². The summed E-state index contributed by atoms with van der Waals surface area (Å²) >= 11 is 5.88. The summed E-state index contributed by atoms with van der Waals surface area (Å²) in [6.07, 6.45) is 0. The van der Waals surface area contributed by atoms with Crippen molar-refractivity contribution in [3.05, 3.63) is 77.3 Å². The first kappa shape index (κ1) is 22.0. The van der Waals surface area contributed by atoms with Gasteiger partial charge in [0, 0.05) is 10.7 Å². The highest BCUT2D eigenvalue weighted by Gasteiger charge is 2.17. The Morgan fingerprint density at radius 3 is 2.45 bits per heavy atom. The number of anilines is 3. The molecule has 3 aromatic rings. The number of amides is 1. The largest absolute Gasteiger partial charge is 0.506 e. The van der Waals surface area contributed by atoms with Crippen molar-refractivity contribution in [3.8, 4) is 11.8 Å². The van der Waals surface area contributed by atoms with Gasteiger partial charge < -0.3 is 15.7 Å². The number of nitrogens with zero attached hydrogens (tertiary/aromatic N) is 1. The second-order valence-corrected chi connectivity index (χ2v) is 8.50. The molecule has 8 nitrogen and oxygen atoms in total. The first-order valence-electron chi connectivity index (χ1n) is 8.92. The Morgan fingerprint density at radius 2 is 1.77 bits per heavy atom. The van der Waals surface area contributed by atoms with Gasteiger partial charge in [-0.2, -0.15) is 5.26 Å². The topological polar surface area (TPSA) is 131 Å². The Balaban J connectivity index is 1.69. The lowest BCUT2D eigenvalue weighted by atomic mass is 10.2. The lowest BCUT2D eigenvalue weighted by Gasteiger charge is -2.12. The van der Waals surface area contributed by atoms with Gasteiger partial charge in [-0.25, -0.2) is 8.42 Å². The molecule has 0 saturated heterocycles. The van der Waals surface area contributed by atoms with Crippen molar-refractivity contribution in [3.63, 3.8) is 0 Å². The van der Waals surface area contributed by atoms with E-state index in [0.29, 0.717) is 16.3 Å². The number of nitrogens with one attached hydrogen (secondary N) is 3. The quantitative estimate of drug-likeness (QED) is 0.400. The van der Waals surface area contributed by atoms with Crippen LogP contribution in [0.3, 0.4) is 0 Å². The summed E-state index contributed by atoms with van der Waals surface area (Å²) in [6, 6.07) is 18.3. The smallest absolute Gasteiger partial charge is 0.261 e. The van der Waals surface area contributed by atoms with Crippen LogP contribution in [-0.2, 0) is 14.8 Å². The van der Waals surface area contributed by atoms with Crippen molar-refractivity contribution >= 4 is 44.6 Å². The summed E-state index contributed by atoms with van der Waals surface area (Å²) in [5, 5.41) is 24.5. The number of sulfonamides is 1. The molecule has 0 aliphatic heterocycles.